The van der Waals surface area contributed by atoms with Crippen molar-refractivity contribution in [1.29, 1.82) is 0 Å². The molecule has 0 bridgehead atoms. The van der Waals surface area contributed by atoms with Gasteiger partial charge in [-0.05, 0) is 25.6 Å². The number of aryl methyl sites for hydroxylation is 1. The highest BCUT2D eigenvalue weighted by Crippen LogP contribution is 2.05. The van der Waals surface area contributed by atoms with Gasteiger partial charge < -0.3 is 0 Å². The number of hydrogen-bond donors (Lipinski definition) is 0. The monoisotopic (exact) mass is 174 g/mol. The van der Waals surface area contributed by atoms with Crippen molar-refractivity contribution in [3.8, 4) is 12.3 Å². The van der Waals surface area contributed by atoms with Crippen LogP contribution < -0.4 is 0 Å². The van der Waals surface area contributed by atoms with E-state index in [9.17, 15) is 0 Å². The van der Waals surface area contributed by atoms with E-state index in [1.54, 1.807) is 0 Å². The van der Waals surface area contributed by atoms with Crippen LogP contribution in [0.5, 0.6) is 0 Å². The van der Waals surface area contributed by atoms with Crippen LogP contribution in [0.3, 0.4) is 0 Å². The maximum atomic E-state index is 5.21. The molecule has 1 rings (SSSR count). The van der Waals surface area contributed by atoms with Gasteiger partial charge in [0.25, 0.3) is 0 Å². The summed E-state index contributed by atoms with van der Waals surface area (Å²) in [6.07, 6.45) is 7.02. The summed E-state index contributed by atoms with van der Waals surface area (Å²) in [7, 11) is 1.99. The van der Waals surface area contributed by atoms with E-state index in [2.05, 4.69) is 28.8 Å². The lowest BCUT2D eigenvalue weighted by Crippen LogP contribution is -2.19. The van der Waals surface area contributed by atoms with Crippen molar-refractivity contribution in [3.05, 3.63) is 29.6 Å². The molecule has 0 N–H and O–H groups in total. The third kappa shape index (κ3) is 2.89. The quantitative estimate of drug-likeness (QED) is 0.645. The third-order valence-corrected chi connectivity index (χ3v) is 1.90. The molecular formula is C11H14N2. The molecular weight excluding hydrogens is 160 g/mol. The summed E-state index contributed by atoms with van der Waals surface area (Å²) < 4.78 is 0. The first-order valence-electron chi connectivity index (χ1n) is 4.26. The SMILES string of the molecule is C#CCN(C)Cc1ncccc1C. The second kappa shape index (κ2) is 4.64. The second-order valence-corrected chi connectivity index (χ2v) is 3.14. The van der Waals surface area contributed by atoms with E-state index in [1.807, 2.05) is 19.3 Å². The molecule has 0 unspecified atom stereocenters. The van der Waals surface area contributed by atoms with E-state index in [4.69, 9.17) is 6.42 Å². The summed E-state index contributed by atoms with van der Waals surface area (Å²) >= 11 is 0. The number of hydrogen-bond acceptors (Lipinski definition) is 2. The van der Waals surface area contributed by atoms with Gasteiger partial charge in [0.15, 0.2) is 0 Å². The number of pyridine rings is 1. The van der Waals surface area contributed by atoms with Gasteiger partial charge in [-0.25, -0.2) is 0 Å². The molecule has 0 aliphatic rings. The van der Waals surface area contributed by atoms with Crippen molar-refractivity contribution in [3.63, 3.8) is 0 Å². The molecule has 0 aromatic carbocycles. The zero-order chi connectivity index (χ0) is 9.68. The van der Waals surface area contributed by atoms with Gasteiger partial charge in [-0.15, -0.1) is 6.42 Å². The molecule has 1 heterocycles. The lowest BCUT2D eigenvalue weighted by molar-refractivity contribution is 0.363. The van der Waals surface area contributed by atoms with Gasteiger partial charge in [0, 0.05) is 12.7 Å². The molecule has 1 aromatic heterocycles. The maximum absolute atomic E-state index is 5.21. The van der Waals surface area contributed by atoms with Gasteiger partial charge >= 0.3 is 0 Å². The number of terminal acetylenes is 1. The topological polar surface area (TPSA) is 16.1 Å². The largest absolute Gasteiger partial charge is 0.290 e. The van der Waals surface area contributed by atoms with Crippen LogP contribution in [-0.4, -0.2) is 23.5 Å². The lowest BCUT2D eigenvalue weighted by Gasteiger charge is -2.13. The molecule has 2 heteroatoms. The van der Waals surface area contributed by atoms with E-state index in [0.29, 0.717) is 6.54 Å². The van der Waals surface area contributed by atoms with Crippen molar-refractivity contribution in [2.75, 3.05) is 13.6 Å². The fraction of sp³-hybridized carbons (Fsp3) is 0.364. The number of nitrogens with zero attached hydrogens (tertiary/aromatic N) is 2. The smallest absolute Gasteiger partial charge is 0.0599 e. The zero-order valence-corrected chi connectivity index (χ0v) is 8.12. The van der Waals surface area contributed by atoms with E-state index in [1.165, 1.54) is 5.56 Å². The zero-order valence-electron chi connectivity index (χ0n) is 8.12. The Bertz CT molecular complexity index is 312. The molecule has 0 saturated heterocycles. The minimum atomic E-state index is 0.663. The van der Waals surface area contributed by atoms with E-state index in [0.717, 1.165) is 12.2 Å². The van der Waals surface area contributed by atoms with Crippen LogP contribution in [0, 0.1) is 19.3 Å². The van der Waals surface area contributed by atoms with Crippen LogP contribution in [0.2, 0.25) is 0 Å². The molecule has 2 nitrogen and oxygen atoms in total. The predicted molar refractivity (Wildman–Crippen MR) is 54.1 cm³/mol. The summed E-state index contributed by atoms with van der Waals surface area (Å²) in [6.45, 7) is 3.54. The minimum Gasteiger partial charge on any atom is -0.290 e. The Hall–Kier alpha value is -1.33. The van der Waals surface area contributed by atoms with Crippen molar-refractivity contribution >= 4 is 0 Å². The summed E-state index contributed by atoms with van der Waals surface area (Å²) in [6, 6.07) is 4.01. The average molecular weight is 174 g/mol. The fourth-order valence-corrected chi connectivity index (χ4v) is 1.15. The normalized spacial score (nSPS) is 10.0. The van der Waals surface area contributed by atoms with Gasteiger partial charge in [-0.3, -0.25) is 9.88 Å². The first kappa shape index (κ1) is 9.76. The number of aromatic nitrogens is 1. The minimum absolute atomic E-state index is 0.663. The van der Waals surface area contributed by atoms with Gasteiger partial charge in [0.1, 0.15) is 0 Å². The maximum Gasteiger partial charge on any atom is 0.0599 e. The first-order chi connectivity index (χ1) is 6.24. The Morgan fingerprint density at radius 2 is 2.38 bits per heavy atom. The predicted octanol–water partition coefficient (Wildman–Crippen LogP) is 1.46. The molecule has 68 valence electrons. The fourth-order valence-electron chi connectivity index (χ4n) is 1.15. The van der Waals surface area contributed by atoms with Crippen molar-refractivity contribution in [1.82, 2.24) is 9.88 Å². The molecule has 0 atom stereocenters. The molecule has 0 aliphatic heterocycles. The van der Waals surface area contributed by atoms with E-state index < -0.39 is 0 Å². The molecule has 0 spiro atoms. The summed E-state index contributed by atoms with van der Waals surface area (Å²) in [5.41, 5.74) is 2.31. The second-order valence-electron chi connectivity index (χ2n) is 3.14. The molecule has 0 radical (unpaired) electrons. The van der Waals surface area contributed by atoms with Crippen LogP contribution in [0.4, 0.5) is 0 Å². The lowest BCUT2D eigenvalue weighted by atomic mass is 10.2. The molecule has 13 heavy (non-hydrogen) atoms. The Morgan fingerprint density at radius 3 is 3.00 bits per heavy atom. The Morgan fingerprint density at radius 1 is 1.62 bits per heavy atom. The average Bonchev–Trinajstić information content (AvgIpc) is 2.09. The summed E-state index contributed by atoms with van der Waals surface area (Å²) in [5.74, 6) is 2.61. The highest BCUT2D eigenvalue weighted by Gasteiger charge is 2.01. The van der Waals surface area contributed by atoms with E-state index in [-0.39, 0.29) is 0 Å². The van der Waals surface area contributed by atoms with Gasteiger partial charge in [0.05, 0.1) is 12.2 Å². The molecule has 0 saturated carbocycles. The van der Waals surface area contributed by atoms with Gasteiger partial charge in [-0.2, -0.15) is 0 Å². The Kier molecular flexibility index (Phi) is 3.48. The Balaban J connectivity index is 2.64. The van der Waals surface area contributed by atoms with Crippen molar-refractivity contribution in [2.24, 2.45) is 0 Å². The molecule has 0 aliphatic carbocycles. The third-order valence-electron chi connectivity index (χ3n) is 1.90. The summed E-state index contributed by atoms with van der Waals surface area (Å²) in [5, 5.41) is 0. The van der Waals surface area contributed by atoms with Crippen LogP contribution in [0.1, 0.15) is 11.3 Å². The highest BCUT2D eigenvalue weighted by molar-refractivity contribution is 5.17. The van der Waals surface area contributed by atoms with Gasteiger partial charge in [-0.1, -0.05) is 12.0 Å². The van der Waals surface area contributed by atoms with Crippen LogP contribution >= 0.6 is 0 Å². The number of rotatable bonds is 3. The van der Waals surface area contributed by atoms with Crippen molar-refractivity contribution < 1.29 is 0 Å². The molecule has 0 amide bonds. The summed E-state index contributed by atoms with van der Waals surface area (Å²) in [4.78, 5) is 6.36. The first-order valence-corrected chi connectivity index (χ1v) is 4.26. The molecule has 0 fully saturated rings. The highest BCUT2D eigenvalue weighted by atomic mass is 15.1. The Labute approximate surface area is 79.6 Å². The van der Waals surface area contributed by atoms with Crippen LogP contribution in [0.15, 0.2) is 18.3 Å². The van der Waals surface area contributed by atoms with E-state index >= 15 is 0 Å². The standard InChI is InChI=1S/C11H14N2/c1-4-8-13(3)9-11-10(2)6-5-7-12-11/h1,5-7H,8-9H2,2-3H3. The van der Waals surface area contributed by atoms with Crippen LogP contribution in [0.25, 0.3) is 0 Å². The van der Waals surface area contributed by atoms with Crippen molar-refractivity contribution in [2.45, 2.75) is 13.5 Å². The van der Waals surface area contributed by atoms with Crippen LogP contribution in [-0.2, 0) is 6.54 Å². The molecule has 1 aromatic rings. The van der Waals surface area contributed by atoms with Gasteiger partial charge in [0.2, 0.25) is 0 Å².